The van der Waals surface area contributed by atoms with Crippen LogP contribution in [-0.4, -0.2) is 37.1 Å². The van der Waals surface area contributed by atoms with Crippen LogP contribution in [0.15, 0.2) is 42.5 Å². The molecular formula is C19H19Cl2NO3. The molecule has 0 spiro atoms. The van der Waals surface area contributed by atoms with Gasteiger partial charge in [-0.1, -0.05) is 47.5 Å². The summed E-state index contributed by atoms with van der Waals surface area (Å²) in [4.78, 5) is 13.9. The molecular weight excluding hydrogens is 361 g/mol. The fraction of sp³-hybridized carbons (Fsp3) is 0.316. The molecule has 132 valence electrons. The van der Waals surface area contributed by atoms with E-state index in [1.54, 1.807) is 30.1 Å². The molecule has 1 amide bonds. The minimum absolute atomic E-state index is 0.0111. The van der Waals surface area contributed by atoms with E-state index in [0.29, 0.717) is 28.9 Å². The summed E-state index contributed by atoms with van der Waals surface area (Å²) >= 11 is 11.9. The van der Waals surface area contributed by atoms with Gasteiger partial charge in [0.2, 0.25) is 0 Å². The smallest absolute Gasteiger partial charge is 0.260 e. The van der Waals surface area contributed by atoms with E-state index < -0.39 is 0 Å². The number of benzene rings is 2. The maximum atomic E-state index is 12.3. The van der Waals surface area contributed by atoms with Gasteiger partial charge in [-0.05, 0) is 29.3 Å². The summed E-state index contributed by atoms with van der Waals surface area (Å²) in [6.45, 7) is 1.02. The fourth-order valence-electron chi connectivity index (χ4n) is 2.78. The Hall–Kier alpha value is -1.75. The van der Waals surface area contributed by atoms with E-state index in [9.17, 15) is 4.79 Å². The number of ether oxygens (including phenoxy) is 2. The van der Waals surface area contributed by atoms with Crippen LogP contribution < -0.4 is 4.74 Å². The van der Waals surface area contributed by atoms with Crippen molar-refractivity contribution in [2.24, 2.45) is 0 Å². The zero-order chi connectivity index (χ0) is 17.8. The Morgan fingerprint density at radius 1 is 1.24 bits per heavy atom. The SMILES string of the molecule is CN(CC1Cc2ccccc2CO1)C(=O)COc1ccc(Cl)cc1Cl. The van der Waals surface area contributed by atoms with Crippen LogP contribution in [0, 0.1) is 0 Å². The molecule has 0 aliphatic carbocycles. The number of carbonyl (C=O) groups excluding carboxylic acids is 1. The van der Waals surface area contributed by atoms with Crippen molar-refractivity contribution in [1.29, 1.82) is 0 Å². The van der Waals surface area contributed by atoms with E-state index in [4.69, 9.17) is 32.7 Å². The van der Waals surface area contributed by atoms with Gasteiger partial charge < -0.3 is 14.4 Å². The first-order valence-electron chi connectivity index (χ1n) is 8.03. The third-order valence-corrected chi connectivity index (χ3v) is 4.72. The van der Waals surface area contributed by atoms with Crippen molar-refractivity contribution in [3.05, 3.63) is 63.6 Å². The van der Waals surface area contributed by atoms with Crippen LogP contribution in [0.1, 0.15) is 11.1 Å². The van der Waals surface area contributed by atoms with E-state index in [1.165, 1.54) is 11.1 Å². The van der Waals surface area contributed by atoms with Crippen molar-refractivity contribution in [3.63, 3.8) is 0 Å². The van der Waals surface area contributed by atoms with Gasteiger partial charge in [0, 0.05) is 25.0 Å². The van der Waals surface area contributed by atoms with Crippen LogP contribution in [0.4, 0.5) is 0 Å². The van der Waals surface area contributed by atoms with Crippen molar-refractivity contribution in [1.82, 2.24) is 4.90 Å². The van der Waals surface area contributed by atoms with Crippen LogP contribution in [-0.2, 0) is 22.6 Å². The van der Waals surface area contributed by atoms with Crippen LogP contribution in [0.25, 0.3) is 0 Å². The zero-order valence-corrected chi connectivity index (χ0v) is 15.4. The zero-order valence-electron chi connectivity index (χ0n) is 13.9. The van der Waals surface area contributed by atoms with Crippen molar-refractivity contribution in [2.45, 2.75) is 19.1 Å². The maximum absolute atomic E-state index is 12.3. The molecule has 0 aromatic heterocycles. The lowest BCUT2D eigenvalue weighted by Gasteiger charge is -2.29. The van der Waals surface area contributed by atoms with Crippen LogP contribution in [0.5, 0.6) is 5.75 Å². The van der Waals surface area contributed by atoms with Gasteiger partial charge in [0.25, 0.3) is 5.91 Å². The predicted octanol–water partition coefficient (Wildman–Crippen LogP) is 3.97. The Morgan fingerprint density at radius 2 is 2.00 bits per heavy atom. The third-order valence-electron chi connectivity index (χ3n) is 4.19. The number of hydrogen-bond acceptors (Lipinski definition) is 3. The highest BCUT2D eigenvalue weighted by Crippen LogP contribution is 2.27. The largest absolute Gasteiger partial charge is 0.482 e. The Kier molecular flexibility index (Phi) is 5.84. The molecule has 0 saturated carbocycles. The lowest BCUT2D eigenvalue weighted by Crippen LogP contribution is -2.40. The summed E-state index contributed by atoms with van der Waals surface area (Å²) in [5.74, 6) is 0.309. The topological polar surface area (TPSA) is 38.8 Å². The second-order valence-corrected chi connectivity index (χ2v) is 6.89. The van der Waals surface area contributed by atoms with Gasteiger partial charge in [-0.3, -0.25) is 4.79 Å². The van der Waals surface area contributed by atoms with Crippen molar-refractivity contribution in [2.75, 3.05) is 20.2 Å². The third kappa shape index (κ3) is 4.66. The molecule has 6 heteroatoms. The average Bonchev–Trinajstić information content (AvgIpc) is 2.60. The number of halogens is 2. The van der Waals surface area contributed by atoms with Crippen LogP contribution in [0.3, 0.4) is 0 Å². The highest BCUT2D eigenvalue weighted by Gasteiger charge is 2.22. The number of amides is 1. The summed E-state index contributed by atoms with van der Waals surface area (Å²) in [5, 5.41) is 0.908. The Bertz CT molecular complexity index is 766. The predicted molar refractivity (Wildman–Crippen MR) is 98.3 cm³/mol. The molecule has 0 fully saturated rings. The molecule has 2 aromatic rings. The lowest BCUT2D eigenvalue weighted by atomic mass is 9.99. The quantitative estimate of drug-likeness (QED) is 0.788. The first-order valence-corrected chi connectivity index (χ1v) is 8.78. The molecule has 1 aliphatic heterocycles. The molecule has 1 unspecified atom stereocenters. The Morgan fingerprint density at radius 3 is 2.76 bits per heavy atom. The van der Waals surface area contributed by atoms with Gasteiger partial charge in [0.1, 0.15) is 5.75 Å². The minimum atomic E-state index is -0.131. The molecule has 0 N–H and O–H groups in total. The number of carbonyl (C=O) groups is 1. The van der Waals surface area contributed by atoms with E-state index in [2.05, 4.69) is 12.1 Å². The Labute approximate surface area is 157 Å². The van der Waals surface area contributed by atoms with Crippen LogP contribution in [0.2, 0.25) is 10.0 Å². The summed E-state index contributed by atoms with van der Waals surface area (Å²) in [6.07, 6.45) is 0.792. The molecule has 0 bridgehead atoms. The monoisotopic (exact) mass is 379 g/mol. The van der Waals surface area contributed by atoms with E-state index in [1.807, 2.05) is 12.1 Å². The first kappa shape index (κ1) is 18.1. The molecule has 1 heterocycles. The Balaban J connectivity index is 1.51. The summed E-state index contributed by atoms with van der Waals surface area (Å²) in [7, 11) is 1.75. The van der Waals surface area contributed by atoms with Gasteiger partial charge in [-0.15, -0.1) is 0 Å². The molecule has 0 radical (unpaired) electrons. The lowest BCUT2D eigenvalue weighted by molar-refractivity contribution is -0.134. The number of fused-ring (bicyclic) bond motifs is 1. The standard InChI is InChI=1S/C19H19Cl2NO3/c1-22(10-16-8-13-4-2-3-5-14(13)11-24-16)19(23)12-25-18-7-6-15(20)9-17(18)21/h2-7,9,16H,8,10-12H2,1H3. The normalized spacial score (nSPS) is 16.2. The molecule has 3 rings (SSSR count). The molecule has 4 nitrogen and oxygen atoms in total. The molecule has 1 aliphatic rings. The maximum Gasteiger partial charge on any atom is 0.260 e. The van der Waals surface area contributed by atoms with E-state index >= 15 is 0 Å². The van der Waals surface area contributed by atoms with Crippen molar-refractivity contribution >= 4 is 29.1 Å². The number of nitrogens with zero attached hydrogens (tertiary/aromatic N) is 1. The van der Waals surface area contributed by atoms with Crippen molar-refractivity contribution < 1.29 is 14.3 Å². The number of rotatable bonds is 5. The minimum Gasteiger partial charge on any atom is -0.482 e. The van der Waals surface area contributed by atoms with Gasteiger partial charge in [-0.25, -0.2) is 0 Å². The molecule has 25 heavy (non-hydrogen) atoms. The summed E-state index contributed by atoms with van der Waals surface area (Å²) in [6, 6.07) is 13.1. The first-order chi connectivity index (χ1) is 12.0. The molecule has 2 aromatic carbocycles. The average molecular weight is 380 g/mol. The second-order valence-electron chi connectivity index (χ2n) is 6.04. The van der Waals surface area contributed by atoms with Gasteiger partial charge in [0.15, 0.2) is 6.61 Å². The van der Waals surface area contributed by atoms with E-state index in [-0.39, 0.29) is 18.6 Å². The summed E-state index contributed by atoms with van der Waals surface area (Å²) < 4.78 is 11.3. The van der Waals surface area contributed by atoms with Gasteiger partial charge in [-0.2, -0.15) is 0 Å². The van der Waals surface area contributed by atoms with Gasteiger partial charge >= 0.3 is 0 Å². The number of hydrogen-bond donors (Lipinski definition) is 0. The van der Waals surface area contributed by atoms with E-state index in [0.717, 1.165) is 6.42 Å². The fourth-order valence-corrected chi connectivity index (χ4v) is 3.24. The van der Waals surface area contributed by atoms with Crippen LogP contribution >= 0.6 is 23.2 Å². The van der Waals surface area contributed by atoms with Gasteiger partial charge in [0.05, 0.1) is 17.7 Å². The van der Waals surface area contributed by atoms with Crippen molar-refractivity contribution in [3.8, 4) is 5.75 Å². The summed E-state index contributed by atoms with van der Waals surface area (Å²) in [5.41, 5.74) is 2.50. The second kappa shape index (κ2) is 8.09. The highest BCUT2D eigenvalue weighted by atomic mass is 35.5. The highest BCUT2D eigenvalue weighted by molar-refractivity contribution is 6.35. The number of likely N-dealkylation sites (N-methyl/N-ethyl adjacent to an activating group) is 1. The molecule has 0 saturated heterocycles. The molecule has 1 atom stereocenters.